The van der Waals surface area contributed by atoms with E-state index in [9.17, 15) is 14.4 Å². The zero-order valence-corrected chi connectivity index (χ0v) is 11.7. The third-order valence-corrected chi connectivity index (χ3v) is 4.98. The summed E-state index contributed by atoms with van der Waals surface area (Å²) in [5.41, 5.74) is 1.04. The molecule has 4 atom stereocenters. The summed E-state index contributed by atoms with van der Waals surface area (Å²) < 4.78 is 0. The number of anilines is 1. The highest BCUT2D eigenvalue weighted by Crippen LogP contribution is 2.53. The van der Waals surface area contributed by atoms with Crippen molar-refractivity contribution < 1.29 is 14.4 Å². The Labute approximate surface area is 122 Å². The number of amides is 2. The first-order chi connectivity index (χ1) is 10.1. The molecular weight excluding hydrogens is 266 g/mol. The number of fused-ring (bicyclic) bond motifs is 5. The molecule has 1 saturated carbocycles. The fourth-order valence-corrected chi connectivity index (χ4v) is 4.02. The number of Topliss-reactive ketones (excluding diaryl/α,β-unsaturated/α-hetero) is 1. The van der Waals surface area contributed by atoms with E-state index in [2.05, 4.69) is 12.2 Å². The van der Waals surface area contributed by atoms with Crippen LogP contribution >= 0.6 is 0 Å². The van der Waals surface area contributed by atoms with Crippen molar-refractivity contribution in [3.05, 3.63) is 42.0 Å². The molecule has 1 heterocycles. The van der Waals surface area contributed by atoms with Gasteiger partial charge in [0.2, 0.25) is 11.8 Å². The molecule has 2 fully saturated rings. The van der Waals surface area contributed by atoms with Crippen molar-refractivity contribution in [3.63, 3.8) is 0 Å². The molecule has 4 rings (SSSR count). The smallest absolute Gasteiger partial charge is 0.238 e. The van der Waals surface area contributed by atoms with Gasteiger partial charge in [0.05, 0.1) is 17.5 Å². The van der Waals surface area contributed by atoms with E-state index >= 15 is 0 Å². The number of carbonyl (C=O) groups is 3. The van der Waals surface area contributed by atoms with Gasteiger partial charge in [-0.15, -0.1) is 0 Å². The lowest BCUT2D eigenvalue weighted by Gasteiger charge is -2.17. The maximum absolute atomic E-state index is 12.7. The number of benzene rings is 1. The summed E-state index contributed by atoms with van der Waals surface area (Å²) in [5.74, 6) is -0.278. The predicted octanol–water partition coefficient (Wildman–Crippen LogP) is 2.20. The molecule has 2 aliphatic carbocycles. The van der Waals surface area contributed by atoms with E-state index in [4.69, 9.17) is 0 Å². The summed E-state index contributed by atoms with van der Waals surface area (Å²) >= 11 is 0. The Morgan fingerprint density at radius 1 is 1.10 bits per heavy atom. The van der Waals surface area contributed by atoms with Gasteiger partial charge in [-0.05, 0) is 37.3 Å². The van der Waals surface area contributed by atoms with Crippen molar-refractivity contribution in [3.8, 4) is 0 Å². The summed E-state index contributed by atoms with van der Waals surface area (Å²) in [6, 6.07) is 6.77. The van der Waals surface area contributed by atoms with Crippen LogP contribution in [-0.4, -0.2) is 17.6 Å². The summed E-state index contributed by atoms with van der Waals surface area (Å²) in [6.45, 7) is 1.48. The second-order valence-corrected chi connectivity index (χ2v) is 6.12. The van der Waals surface area contributed by atoms with Crippen LogP contribution < -0.4 is 4.90 Å². The molecule has 2 amide bonds. The maximum Gasteiger partial charge on any atom is 0.238 e. The van der Waals surface area contributed by atoms with E-state index in [1.54, 1.807) is 24.3 Å². The molecule has 0 radical (unpaired) electrons. The van der Waals surface area contributed by atoms with Crippen LogP contribution in [0.15, 0.2) is 36.4 Å². The van der Waals surface area contributed by atoms with E-state index in [0.29, 0.717) is 11.3 Å². The van der Waals surface area contributed by atoms with Crippen LogP contribution in [0.1, 0.15) is 23.7 Å². The first-order valence-corrected chi connectivity index (χ1v) is 7.25. The Morgan fingerprint density at radius 2 is 1.71 bits per heavy atom. The Balaban J connectivity index is 1.74. The Bertz CT molecular complexity index is 676. The summed E-state index contributed by atoms with van der Waals surface area (Å²) in [6.07, 6.45) is 5.08. The number of nitrogens with zero attached hydrogens (tertiary/aromatic N) is 1. The Hall–Kier alpha value is -2.23. The third-order valence-electron chi connectivity index (χ3n) is 4.98. The third kappa shape index (κ3) is 1.59. The van der Waals surface area contributed by atoms with Gasteiger partial charge in [-0.1, -0.05) is 24.3 Å². The van der Waals surface area contributed by atoms with Gasteiger partial charge in [0.15, 0.2) is 5.78 Å². The monoisotopic (exact) mass is 281 g/mol. The van der Waals surface area contributed by atoms with Crippen LogP contribution in [0.2, 0.25) is 0 Å². The minimum Gasteiger partial charge on any atom is -0.295 e. The molecule has 1 aromatic rings. The summed E-state index contributed by atoms with van der Waals surface area (Å²) in [7, 11) is 0. The van der Waals surface area contributed by atoms with Crippen molar-refractivity contribution >= 4 is 23.3 Å². The molecule has 0 aromatic heterocycles. The lowest BCUT2D eigenvalue weighted by Crippen LogP contribution is -2.32. The lowest BCUT2D eigenvalue weighted by atomic mass is 9.85. The van der Waals surface area contributed by atoms with Crippen LogP contribution in [0.4, 0.5) is 5.69 Å². The molecule has 0 unspecified atom stereocenters. The topological polar surface area (TPSA) is 54.5 Å². The molecule has 1 aliphatic heterocycles. The van der Waals surface area contributed by atoms with Crippen LogP contribution in [0, 0.1) is 23.7 Å². The molecule has 0 N–H and O–H groups in total. The van der Waals surface area contributed by atoms with Gasteiger partial charge in [0.1, 0.15) is 0 Å². The van der Waals surface area contributed by atoms with Gasteiger partial charge < -0.3 is 0 Å². The number of imide groups is 1. The largest absolute Gasteiger partial charge is 0.295 e. The first-order valence-electron chi connectivity index (χ1n) is 7.25. The van der Waals surface area contributed by atoms with Crippen LogP contribution in [0.5, 0.6) is 0 Å². The normalized spacial score (nSPS) is 32.9. The number of allylic oxidation sites excluding steroid dienone is 2. The molecule has 4 heteroatoms. The quantitative estimate of drug-likeness (QED) is 0.474. The average molecular weight is 281 g/mol. The fourth-order valence-electron chi connectivity index (χ4n) is 4.02. The molecule has 0 spiro atoms. The second kappa shape index (κ2) is 4.13. The van der Waals surface area contributed by atoms with Crippen molar-refractivity contribution in [2.45, 2.75) is 13.3 Å². The molecule has 1 aromatic carbocycles. The van der Waals surface area contributed by atoms with Gasteiger partial charge in [-0.2, -0.15) is 0 Å². The van der Waals surface area contributed by atoms with Gasteiger partial charge in [0.25, 0.3) is 0 Å². The molecule has 3 aliphatic rings. The molecule has 21 heavy (non-hydrogen) atoms. The van der Waals surface area contributed by atoms with Crippen molar-refractivity contribution in [1.82, 2.24) is 0 Å². The minimum absolute atomic E-state index is 0.0714. The number of ketones is 1. The number of hydrogen-bond acceptors (Lipinski definition) is 3. The highest BCUT2D eigenvalue weighted by Gasteiger charge is 2.59. The SMILES string of the molecule is CC(=O)c1cccc(N2C(=O)[C@@H]3[C@H](C2=O)[C@@H]2C=C[C@H]3C2)c1. The highest BCUT2D eigenvalue weighted by molar-refractivity contribution is 6.23. The van der Waals surface area contributed by atoms with Crippen LogP contribution in [0.25, 0.3) is 0 Å². The maximum atomic E-state index is 12.7. The minimum atomic E-state index is -0.200. The zero-order chi connectivity index (χ0) is 14.7. The first kappa shape index (κ1) is 12.5. The Morgan fingerprint density at radius 3 is 2.29 bits per heavy atom. The van der Waals surface area contributed by atoms with E-state index < -0.39 is 0 Å². The van der Waals surface area contributed by atoms with E-state index in [0.717, 1.165) is 6.42 Å². The van der Waals surface area contributed by atoms with Gasteiger partial charge in [0, 0.05) is 5.56 Å². The number of carbonyl (C=O) groups excluding carboxylic acids is 3. The summed E-state index contributed by atoms with van der Waals surface area (Å²) in [5, 5.41) is 0. The van der Waals surface area contributed by atoms with E-state index in [1.807, 2.05) is 0 Å². The van der Waals surface area contributed by atoms with Gasteiger partial charge in [-0.25, -0.2) is 4.90 Å². The zero-order valence-electron chi connectivity index (χ0n) is 11.7. The molecule has 1 saturated heterocycles. The van der Waals surface area contributed by atoms with Gasteiger partial charge in [-0.3, -0.25) is 14.4 Å². The molecule has 106 valence electrons. The van der Waals surface area contributed by atoms with Crippen molar-refractivity contribution in [2.24, 2.45) is 23.7 Å². The van der Waals surface area contributed by atoms with Crippen LogP contribution in [0.3, 0.4) is 0 Å². The molecular formula is C17H15NO3. The highest BCUT2D eigenvalue weighted by atomic mass is 16.2. The molecule has 2 bridgehead atoms. The van der Waals surface area contributed by atoms with Crippen molar-refractivity contribution in [2.75, 3.05) is 4.90 Å². The number of hydrogen-bond donors (Lipinski definition) is 0. The molecule has 4 nitrogen and oxygen atoms in total. The standard InChI is InChI=1S/C17H15NO3/c1-9(19)10-3-2-4-13(8-10)18-16(20)14-11-5-6-12(7-11)15(14)17(18)21/h2-6,8,11-12,14-15H,7H2,1H3/t11-,12+,14-,15+. The number of rotatable bonds is 2. The second-order valence-electron chi connectivity index (χ2n) is 6.12. The predicted molar refractivity (Wildman–Crippen MR) is 76.7 cm³/mol. The van der Waals surface area contributed by atoms with Gasteiger partial charge >= 0.3 is 0 Å². The van der Waals surface area contributed by atoms with Crippen molar-refractivity contribution in [1.29, 1.82) is 0 Å². The lowest BCUT2D eigenvalue weighted by molar-refractivity contribution is -0.123. The summed E-state index contributed by atoms with van der Waals surface area (Å²) in [4.78, 5) is 38.1. The Kier molecular flexibility index (Phi) is 2.46. The average Bonchev–Trinajstić information content (AvgIpc) is 3.13. The van der Waals surface area contributed by atoms with E-state index in [1.165, 1.54) is 11.8 Å². The van der Waals surface area contributed by atoms with Crippen LogP contribution in [-0.2, 0) is 9.59 Å². The van der Waals surface area contributed by atoms with E-state index in [-0.39, 0.29) is 41.3 Å². The fraction of sp³-hybridized carbons (Fsp3) is 0.353.